The molecule has 1 aromatic heterocycles. The van der Waals surface area contributed by atoms with Crippen molar-refractivity contribution in [3.05, 3.63) is 41.0 Å². The van der Waals surface area contributed by atoms with Gasteiger partial charge in [-0.05, 0) is 12.1 Å². The normalized spacial score (nSPS) is 10.4. The van der Waals surface area contributed by atoms with Crippen molar-refractivity contribution in [1.29, 1.82) is 0 Å². The number of rotatable bonds is 2. The first-order chi connectivity index (χ1) is 7.72. The summed E-state index contributed by atoms with van der Waals surface area (Å²) in [5.74, 6) is 0.729. The van der Waals surface area contributed by atoms with E-state index < -0.39 is 0 Å². The number of hydrogen-bond donors (Lipinski definition) is 2. The van der Waals surface area contributed by atoms with Crippen LogP contribution in [-0.2, 0) is 6.61 Å². The van der Waals surface area contributed by atoms with Gasteiger partial charge in [-0.25, -0.2) is 9.97 Å². The lowest BCUT2D eigenvalue weighted by molar-refractivity contribution is 0.281. The van der Waals surface area contributed by atoms with Crippen molar-refractivity contribution >= 4 is 17.4 Å². The van der Waals surface area contributed by atoms with E-state index in [1.165, 1.54) is 6.20 Å². The fourth-order valence-corrected chi connectivity index (χ4v) is 1.53. The highest BCUT2D eigenvalue weighted by Gasteiger charge is 2.08. The van der Waals surface area contributed by atoms with E-state index in [2.05, 4.69) is 9.97 Å². The Hall–Kier alpha value is -1.65. The first kappa shape index (κ1) is 10.9. The van der Waals surface area contributed by atoms with Gasteiger partial charge in [-0.3, -0.25) is 0 Å². The van der Waals surface area contributed by atoms with Crippen LogP contribution in [0.25, 0.3) is 11.4 Å². The molecule has 1 heterocycles. The molecule has 2 aromatic rings. The van der Waals surface area contributed by atoms with Crippen molar-refractivity contribution in [2.24, 2.45) is 0 Å². The van der Waals surface area contributed by atoms with Crippen molar-refractivity contribution in [3.8, 4) is 11.4 Å². The molecular weight excluding hydrogens is 226 g/mol. The minimum absolute atomic E-state index is 0.172. The predicted octanol–water partition coefficient (Wildman–Crippen LogP) is 1.87. The number of aromatic nitrogens is 2. The quantitative estimate of drug-likeness (QED) is 0.834. The number of aliphatic hydroxyl groups is 1. The molecule has 82 valence electrons. The van der Waals surface area contributed by atoms with Crippen molar-refractivity contribution in [2.45, 2.75) is 6.61 Å². The highest BCUT2D eigenvalue weighted by Crippen LogP contribution is 2.25. The van der Waals surface area contributed by atoms with Crippen LogP contribution in [0.4, 0.5) is 5.82 Å². The van der Waals surface area contributed by atoms with Gasteiger partial charge < -0.3 is 10.8 Å². The van der Waals surface area contributed by atoms with E-state index in [1.54, 1.807) is 6.07 Å². The molecule has 0 spiro atoms. The molecule has 4 nitrogen and oxygen atoms in total. The second-order valence-corrected chi connectivity index (χ2v) is 3.65. The summed E-state index contributed by atoms with van der Waals surface area (Å²) in [6, 6.07) is 7.25. The van der Waals surface area contributed by atoms with Gasteiger partial charge in [-0.1, -0.05) is 23.7 Å². The predicted molar refractivity (Wildman–Crippen MR) is 62.8 cm³/mol. The first-order valence-electron chi connectivity index (χ1n) is 4.69. The molecule has 0 radical (unpaired) electrons. The topological polar surface area (TPSA) is 72.0 Å². The number of nitrogen functional groups attached to an aromatic ring is 1. The van der Waals surface area contributed by atoms with Gasteiger partial charge in [-0.15, -0.1) is 0 Å². The van der Waals surface area contributed by atoms with Crippen LogP contribution < -0.4 is 5.73 Å². The Balaban J connectivity index is 2.50. The van der Waals surface area contributed by atoms with E-state index in [1.807, 2.05) is 18.2 Å². The molecule has 3 N–H and O–H groups in total. The molecule has 0 saturated heterocycles. The SMILES string of the molecule is Nc1nc(-c2ccccc2Cl)ncc1CO. The van der Waals surface area contributed by atoms with Crippen LogP contribution in [0, 0.1) is 0 Å². The standard InChI is InChI=1S/C11H10ClN3O/c12-9-4-2-1-3-8(9)11-14-5-7(6-16)10(13)15-11/h1-5,16H,6H2,(H2,13,14,15). The maximum atomic E-state index is 8.95. The average Bonchev–Trinajstić information content (AvgIpc) is 2.29. The Morgan fingerprint density at radius 1 is 1.31 bits per heavy atom. The van der Waals surface area contributed by atoms with Crippen LogP contribution >= 0.6 is 11.6 Å². The highest BCUT2D eigenvalue weighted by molar-refractivity contribution is 6.33. The Morgan fingerprint density at radius 3 is 2.69 bits per heavy atom. The molecule has 2 rings (SSSR count). The van der Waals surface area contributed by atoms with Crippen LogP contribution in [0.3, 0.4) is 0 Å². The number of nitrogens with two attached hydrogens (primary N) is 1. The van der Waals surface area contributed by atoms with Crippen molar-refractivity contribution in [2.75, 3.05) is 5.73 Å². The van der Waals surface area contributed by atoms with E-state index in [4.69, 9.17) is 22.4 Å². The first-order valence-corrected chi connectivity index (χ1v) is 5.07. The summed E-state index contributed by atoms with van der Waals surface area (Å²) >= 11 is 6.01. The van der Waals surface area contributed by atoms with Gasteiger partial charge in [0.05, 0.1) is 11.6 Å². The second-order valence-electron chi connectivity index (χ2n) is 3.24. The molecule has 0 aliphatic heterocycles. The number of benzene rings is 1. The molecule has 16 heavy (non-hydrogen) atoms. The molecule has 0 fully saturated rings. The Bertz CT molecular complexity index is 516. The number of nitrogens with zero attached hydrogens (tertiary/aromatic N) is 2. The van der Waals surface area contributed by atoms with Gasteiger partial charge in [0.1, 0.15) is 5.82 Å². The molecule has 5 heteroatoms. The monoisotopic (exact) mass is 235 g/mol. The maximum Gasteiger partial charge on any atom is 0.163 e. The zero-order valence-corrected chi connectivity index (χ0v) is 9.15. The smallest absolute Gasteiger partial charge is 0.163 e. The van der Waals surface area contributed by atoms with Crippen LogP contribution in [0.15, 0.2) is 30.5 Å². The number of halogens is 1. The van der Waals surface area contributed by atoms with Crippen LogP contribution in [0.1, 0.15) is 5.56 Å². The molecule has 0 unspecified atom stereocenters. The van der Waals surface area contributed by atoms with Crippen LogP contribution in [0.5, 0.6) is 0 Å². The van der Waals surface area contributed by atoms with E-state index in [0.717, 1.165) is 5.56 Å². The summed E-state index contributed by atoms with van der Waals surface area (Å²) in [6.07, 6.45) is 1.50. The van der Waals surface area contributed by atoms with Crippen LogP contribution in [-0.4, -0.2) is 15.1 Å². The zero-order chi connectivity index (χ0) is 11.5. The van der Waals surface area contributed by atoms with Gasteiger partial charge in [0.15, 0.2) is 5.82 Å². The van der Waals surface area contributed by atoms with E-state index in [0.29, 0.717) is 16.4 Å². The summed E-state index contributed by atoms with van der Waals surface area (Å²) in [6.45, 7) is -0.172. The summed E-state index contributed by atoms with van der Waals surface area (Å²) in [4.78, 5) is 8.20. The third-order valence-electron chi connectivity index (χ3n) is 2.18. The number of anilines is 1. The lowest BCUT2D eigenvalue weighted by Crippen LogP contribution is -2.01. The second kappa shape index (κ2) is 4.47. The number of hydrogen-bond acceptors (Lipinski definition) is 4. The van der Waals surface area contributed by atoms with Crippen molar-refractivity contribution < 1.29 is 5.11 Å². The van der Waals surface area contributed by atoms with Crippen LogP contribution in [0.2, 0.25) is 5.02 Å². The van der Waals surface area contributed by atoms with E-state index in [9.17, 15) is 0 Å². The maximum absolute atomic E-state index is 8.95. The highest BCUT2D eigenvalue weighted by atomic mass is 35.5. The van der Waals surface area contributed by atoms with E-state index >= 15 is 0 Å². The molecule has 0 atom stereocenters. The molecule has 0 aliphatic carbocycles. The lowest BCUT2D eigenvalue weighted by atomic mass is 10.2. The Kier molecular flexibility index (Phi) is 3.03. The fraction of sp³-hybridized carbons (Fsp3) is 0.0909. The largest absolute Gasteiger partial charge is 0.391 e. The molecule has 0 amide bonds. The van der Waals surface area contributed by atoms with Gasteiger partial charge >= 0.3 is 0 Å². The fourth-order valence-electron chi connectivity index (χ4n) is 1.31. The molecule has 1 aromatic carbocycles. The van der Waals surface area contributed by atoms with Gasteiger partial charge in [0.2, 0.25) is 0 Å². The van der Waals surface area contributed by atoms with Gasteiger partial charge in [0.25, 0.3) is 0 Å². The average molecular weight is 236 g/mol. The van der Waals surface area contributed by atoms with Crippen molar-refractivity contribution in [3.63, 3.8) is 0 Å². The molecular formula is C11H10ClN3O. The third-order valence-corrected chi connectivity index (χ3v) is 2.51. The zero-order valence-electron chi connectivity index (χ0n) is 8.39. The van der Waals surface area contributed by atoms with E-state index in [-0.39, 0.29) is 12.4 Å². The Morgan fingerprint density at radius 2 is 2.06 bits per heavy atom. The molecule has 0 bridgehead atoms. The van der Waals surface area contributed by atoms with Crippen molar-refractivity contribution in [1.82, 2.24) is 9.97 Å². The third kappa shape index (κ3) is 1.98. The minimum Gasteiger partial charge on any atom is -0.391 e. The number of aliphatic hydroxyl groups excluding tert-OH is 1. The summed E-state index contributed by atoms with van der Waals surface area (Å²) in [7, 11) is 0. The summed E-state index contributed by atoms with van der Waals surface area (Å²) in [5.41, 5.74) is 6.90. The molecule has 0 aliphatic rings. The Labute approximate surface area is 97.7 Å². The van der Waals surface area contributed by atoms with Gasteiger partial charge in [0, 0.05) is 17.3 Å². The summed E-state index contributed by atoms with van der Waals surface area (Å²) in [5, 5.41) is 9.52. The van der Waals surface area contributed by atoms with Gasteiger partial charge in [-0.2, -0.15) is 0 Å². The minimum atomic E-state index is -0.172. The lowest BCUT2D eigenvalue weighted by Gasteiger charge is -2.05. The summed E-state index contributed by atoms with van der Waals surface area (Å²) < 4.78 is 0. The molecule has 0 saturated carbocycles.